The first-order valence-electron chi connectivity index (χ1n) is 7.02. The van der Waals surface area contributed by atoms with Crippen LogP contribution < -0.4 is 0 Å². The SMILES string of the molecule is Cc1ccc(-c2ncccc2C#Cc2ccc(F)cc2)cc1. The Hall–Kier alpha value is -2.92. The fourth-order valence-electron chi connectivity index (χ4n) is 2.12. The van der Waals surface area contributed by atoms with Gasteiger partial charge in [0.25, 0.3) is 0 Å². The highest BCUT2D eigenvalue weighted by atomic mass is 19.1. The number of hydrogen-bond donors (Lipinski definition) is 0. The van der Waals surface area contributed by atoms with Crippen LogP contribution in [0.25, 0.3) is 11.3 Å². The minimum absolute atomic E-state index is 0.257. The Morgan fingerprint density at radius 1 is 0.864 bits per heavy atom. The minimum Gasteiger partial charge on any atom is -0.255 e. The van der Waals surface area contributed by atoms with Crippen molar-refractivity contribution in [2.75, 3.05) is 0 Å². The lowest BCUT2D eigenvalue weighted by molar-refractivity contribution is 0.627. The van der Waals surface area contributed by atoms with Crippen LogP contribution in [0.5, 0.6) is 0 Å². The number of hydrogen-bond acceptors (Lipinski definition) is 1. The molecular weight excluding hydrogens is 273 g/mol. The summed E-state index contributed by atoms with van der Waals surface area (Å²) in [6.45, 7) is 2.05. The average Bonchev–Trinajstić information content (AvgIpc) is 2.55. The van der Waals surface area contributed by atoms with Crippen LogP contribution in [0.15, 0.2) is 66.9 Å². The van der Waals surface area contributed by atoms with Crippen LogP contribution in [-0.2, 0) is 0 Å². The number of pyridine rings is 1. The molecule has 1 heterocycles. The number of nitrogens with zero attached hydrogens (tertiary/aromatic N) is 1. The van der Waals surface area contributed by atoms with Crippen LogP contribution in [0.2, 0.25) is 0 Å². The van der Waals surface area contributed by atoms with E-state index in [1.807, 2.05) is 24.3 Å². The fourth-order valence-corrected chi connectivity index (χ4v) is 2.12. The Bertz CT molecular complexity index is 837. The quantitative estimate of drug-likeness (QED) is 0.596. The zero-order valence-electron chi connectivity index (χ0n) is 12.2. The molecule has 2 heteroatoms. The van der Waals surface area contributed by atoms with E-state index >= 15 is 0 Å². The van der Waals surface area contributed by atoms with Gasteiger partial charge in [-0.3, -0.25) is 4.98 Å². The molecule has 0 unspecified atom stereocenters. The van der Waals surface area contributed by atoms with E-state index in [-0.39, 0.29) is 5.82 Å². The smallest absolute Gasteiger partial charge is 0.123 e. The minimum atomic E-state index is -0.257. The molecule has 0 saturated carbocycles. The molecule has 0 aliphatic heterocycles. The van der Waals surface area contributed by atoms with Gasteiger partial charge in [-0.25, -0.2) is 4.39 Å². The van der Waals surface area contributed by atoms with E-state index in [0.717, 1.165) is 22.4 Å². The second-order valence-electron chi connectivity index (χ2n) is 5.02. The van der Waals surface area contributed by atoms with Gasteiger partial charge in [0, 0.05) is 17.3 Å². The predicted octanol–water partition coefficient (Wildman–Crippen LogP) is 4.60. The maximum absolute atomic E-state index is 12.9. The summed E-state index contributed by atoms with van der Waals surface area (Å²) in [5.74, 6) is 5.92. The molecule has 0 N–H and O–H groups in total. The zero-order valence-corrected chi connectivity index (χ0v) is 12.2. The van der Waals surface area contributed by atoms with E-state index in [4.69, 9.17) is 0 Å². The summed E-state index contributed by atoms with van der Waals surface area (Å²) >= 11 is 0. The van der Waals surface area contributed by atoms with Gasteiger partial charge < -0.3 is 0 Å². The molecule has 22 heavy (non-hydrogen) atoms. The molecule has 0 spiro atoms. The lowest BCUT2D eigenvalue weighted by Gasteiger charge is -2.04. The summed E-state index contributed by atoms with van der Waals surface area (Å²) in [5, 5.41) is 0. The van der Waals surface area contributed by atoms with Gasteiger partial charge in [0.05, 0.1) is 11.3 Å². The lowest BCUT2D eigenvalue weighted by atomic mass is 10.0. The Morgan fingerprint density at radius 3 is 2.32 bits per heavy atom. The topological polar surface area (TPSA) is 12.9 Å². The first-order valence-corrected chi connectivity index (χ1v) is 7.02. The van der Waals surface area contributed by atoms with Crippen molar-refractivity contribution >= 4 is 0 Å². The molecule has 1 nitrogen and oxygen atoms in total. The summed E-state index contributed by atoms with van der Waals surface area (Å²) in [5.41, 5.74) is 4.74. The van der Waals surface area contributed by atoms with E-state index in [9.17, 15) is 4.39 Å². The van der Waals surface area contributed by atoms with Crippen LogP contribution in [0.1, 0.15) is 16.7 Å². The molecule has 0 aliphatic rings. The summed E-state index contributed by atoms with van der Waals surface area (Å²) < 4.78 is 12.9. The van der Waals surface area contributed by atoms with Crippen molar-refractivity contribution in [3.63, 3.8) is 0 Å². The summed E-state index contributed by atoms with van der Waals surface area (Å²) in [6.07, 6.45) is 1.76. The highest BCUT2D eigenvalue weighted by Crippen LogP contribution is 2.21. The second kappa shape index (κ2) is 6.24. The number of halogens is 1. The van der Waals surface area contributed by atoms with Crippen LogP contribution >= 0.6 is 0 Å². The molecule has 0 fully saturated rings. The Kier molecular flexibility index (Phi) is 3.98. The number of aryl methyl sites for hydroxylation is 1. The molecule has 0 radical (unpaired) electrons. The van der Waals surface area contributed by atoms with Gasteiger partial charge in [0.1, 0.15) is 5.82 Å². The molecule has 2 aromatic carbocycles. The summed E-state index contributed by atoms with van der Waals surface area (Å²) in [4.78, 5) is 4.44. The van der Waals surface area contributed by atoms with Gasteiger partial charge in [-0.1, -0.05) is 41.7 Å². The zero-order chi connectivity index (χ0) is 15.4. The van der Waals surface area contributed by atoms with Crippen LogP contribution in [0.3, 0.4) is 0 Å². The molecule has 3 aromatic rings. The monoisotopic (exact) mass is 287 g/mol. The van der Waals surface area contributed by atoms with Crippen molar-refractivity contribution in [2.45, 2.75) is 6.92 Å². The molecule has 0 amide bonds. The Balaban J connectivity index is 1.99. The van der Waals surface area contributed by atoms with E-state index in [1.54, 1.807) is 18.3 Å². The van der Waals surface area contributed by atoms with Gasteiger partial charge in [0.15, 0.2) is 0 Å². The van der Waals surface area contributed by atoms with Gasteiger partial charge >= 0.3 is 0 Å². The average molecular weight is 287 g/mol. The third kappa shape index (κ3) is 3.21. The fraction of sp³-hybridized carbons (Fsp3) is 0.0500. The van der Waals surface area contributed by atoms with Crippen molar-refractivity contribution in [2.24, 2.45) is 0 Å². The van der Waals surface area contributed by atoms with Gasteiger partial charge in [-0.2, -0.15) is 0 Å². The number of aromatic nitrogens is 1. The molecule has 0 saturated heterocycles. The predicted molar refractivity (Wildman–Crippen MR) is 86.8 cm³/mol. The Morgan fingerprint density at radius 2 is 1.59 bits per heavy atom. The third-order valence-corrected chi connectivity index (χ3v) is 3.32. The Labute approximate surface area is 129 Å². The van der Waals surface area contributed by atoms with Crippen molar-refractivity contribution in [3.05, 3.63) is 89.4 Å². The molecule has 1 aromatic heterocycles. The van der Waals surface area contributed by atoms with Crippen LogP contribution in [0, 0.1) is 24.6 Å². The van der Waals surface area contributed by atoms with Crippen LogP contribution in [-0.4, -0.2) is 4.98 Å². The molecule has 106 valence electrons. The van der Waals surface area contributed by atoms with E-state index in [1.165, 1.54) is 17.7 Å². The van der Waals surface area contributed by atoms with Crippen molar-refractivity contribution < 1.29 is 4.39 Å². The van der Waals surface area contributed by atoms with Crippen LogP contribution in [0.4, 0.5) is 4.39 Å². The number of benzene rings is 2. The standard InChI is InChI=1S/C20H14FN/c1-15-4-9-18(10-5-15)20-17(3-2-14-22-20)11-6-16-7-12-19(21)13-8-16/h2-5,7-10,12-14H,1H3. The first-order chi connectivity index (χ1) is 10.7. The first kappa shape index (κ1) is 14.0. The van der Waals surface area contributed by atoms with Crippen molar-refractivity contribution in [1.29, 1.82) is 0 Å². The second-order valence-corrected chi connectivity index (χ2v) is 5.02. The molecular formula is C20H14FN. The van der Waals surface area contributed by atoms with Gasteiger partial charge in [-0.15, -0.1) is 0 Å². The molecule has 0 atom stereocenters. The van der Waals surface area contributed by atoms with Crippen molar-refractivity contribution in [1.82, 2.24) is 4.98 Å². The highest BCUT2D eigenvalue weighted by molar-refractivity contribution is 5.67. The van der Waals surface area contributed by atoms with Crippen molar-refractivity contribution in [3.8, 4) is 23.1 Å². The molecule has 0 aliphatic carbocycles. The lowest BCUT2D eigenvalue weighted by Crippen LogP contribution is -1.88. The maximum atomic E-state index is 12.9. The summed E-state index contributed by atoms with van der Waals surface area (Å²) in [6, 6.07) is 18.2. The highest BCUT2D eigenvalue weighted by Gasteiger charge is 2.03. The van der Waals surface area contributed by atoms with Gasteiger partial charge in [-0.05, 0) is 43.3 Å². The van der Waals surface area contributed by atoms with Gasteiger partial charge in [0.2, 0.25) is 0 Å². The maximum Gasteiger partial charge on any atom is 0.123 e. The number of rotatable bonds is 1. The molecule has 0 bridgehead atoms. The third-order valence-electron chi connectivity index (χ3n) is 3.32. The van der Waals surface area contributed by atoms with E-state index in [0.29, 0.717) is 0 Å². The normalized spacial score (nSPS) is 9.91. The summed E-state index contributed by atoms with van der Waals surface area (Å²) in [7, 11) is 0. The van der Waals surface area contributed by atoms with E-state index in [2.05, 4.69) is 35.9 Å². The van der Waals surface area contributed by atoms with E-state index < -0.39 is 0 Å². The largest absolute Gasteiger partial charge is 0.255 e. The molecule has 3 rings (SSSR count).